The van der Waals surface area contributed by atoms with Crippen LogP contribution in [0.15, 0.2) is 18.2 Å². The van der Waals surface area contributed by atoms with E-state index in [1.165, 1.54) is 0 Å². The van der Waals surface area contributed by atoms with Crippen LogP contribution in [-0.4, -0.2) is 10.3 Å². The predicted molar refractivity (Wildman–Crippen MR) is 56.2 cm³/mol. The molecule has 0 atom stereocenters. The van der Waals surface area contributed by atoms with Crippen LogP contribution < -0.4 is 5.73 Å². The molecule has 0 saturated carbocycles. The van der Waals surface area contributed by atoms with Gasteiger partial charge in [0.1, 0.15) is 5.82 Å². The van der Waals surface area contributed by atoms with Crippen molar-refractivity contribution < 1.29 is 0 Å². The Balaban J connectivity index is 2.93. The van der Waals surface area contributed by atoms with Crippen LogP contribution in [0.4, 0.5) is 5.82 Å². The lowest BCUT2D eigenvalue weighted by atomic mass is 10.2. The number of hydrogen-bond acceptors (Lipinski definition) is 2. The number of nitrogens with two attached hydrogens (primary N) is 1. The highest BCUT2D eigenvalue weighted by Gasteiger charge is 1.92. The first kappa shape index (κ1) is 9.26. The molecule has 0 aromatic carbocycles. The second kappa shape index (κ2) is 4.26. The minimum atomic E-state index is 0.573. The quantitative estimate of drug-likeness (QED) is 0.787. The van der Waals surface area contributed by atoms with E-state index in [4.69, 9.17) is 5.73 Å². The molecule has 1 aromatic rings. The number of nitrogen functional groups attached to an aromatic ring is 1. The van der Waals surface area contributed by atoms with Crippen LogP contribution in [0.25, 0.3) is 6.08 Å². The van der Waals surface area contributed by atoms with E-state index in [0.29, 0.717) is 5.82 Å². The molecule has 2 N–H and O–H groups in total. The summed E-state index contributed by atoms with van der Waals surface area (Å²) in [5.41, 5.74) is 7.62. The van der Waals surface area contributed by atoms with E-state index in [9.17, 15) is 0 Å². The number of alkyl halides is 1. The Bertz CT molecular complexity index is 274. The molecule has 0 unspecified atom stereocenters. The van der Waals surface area contributed by atoms with Crippen molar-refractivity contribution in [1.29, 1.82) is 0 Å². The molecule has 0 aliphatic carbocycles. The Morgan fingerprint density at radius 2 is 2.33 bits per heavy atom. The molecule has 0 spiro atoms. The second-order valence-electron chi connectivity index (χ2n) is 2.55. The third-order valence-corrected chi connectivity index (χ3v) is 1.76. The van der Waals surface area contributed by atoms with Crippen molar-refractivity contribution in [2.75, 3.05) is 11.1 Å². The number of allylic oxidation sites excluding steroid dienone is 1. The largest absolute Gasteiger partial charge is 0.384 e. The fourth-order valence-electron chi connectivity index (χ4n) is 0.972. The van der Waals surface area contributed by atoms with Gasteiger partial charge >= 0.3 is 0 Å². The first-order chi connectivity index (χ1) is 5.72. The van der Waals surface area contributed by atoms with Gasteiger partial charge in [-0.3, -0.25) is 0 Å². The minimum absolute atomic E-state index is 0.573. The van der Waals surface area contributed by atoms with Gasteiger partial charge < -0.3 is 5.73 Å². The number of halogens is 1. The van der Waals surface area contributed by atoms with E-state index < -0.39 is 0 Å². The van der Waals surface area contributed by atoms with Crippen molar-refractivity contribution in [3.05, 3.63) is 29.5 Å². The third kappa shape index (κ3) is 2.66. The fourth-order valence-corrected chi connectivity index (χ4v) is 1.16. The fraction of sp³-hybridized carbons (Fsp3) is 0.222. The summed E-state index contributed by atoms with van der Waals surface area (Å²) in [4.78, 5) is 4.14. The van der Waals surface area contributed by atoms with Crippen LogP contribution in [0.2, 0.25) is 0 Å². The van der Waals surface area contributed by atoms with Crippen molar-refractivity contribution in [2.24, 2.45) is 0 Å². The van der Waals surface area contributed by atoms with Crippen LogP contribution in [0.3, 0.4) is 0 Å². The van der Waals surface area contributed by atoms with Gasteiger partial charge in [0.25, 0.3) is 0 Å². The molecule has 0 radical (unpaired) electrons. The number of aromatic nitrogens is 1. The molecule has 1 aromatic heterocycles. The molecular weight excluding hydrogens is 216 g/mol. The summed E-state index contributed by atoms with van der Waals surface area (Å²) >= 11 is 3.30. The molecule has 0 fully saturated rings. The maximum Gasteiger partial charge on any atom is 0.124 e. The van der Waals surface area contributed by atoms with Crippen molar-refractivity contribution in [3.63, 3.8) is 0 Å². The maximum atomic E-state index is 5.57. The van der Waals surface area contributed by atoms with Crippen LogP contribution >= 0.6 is 15.9 Å². The lowest BCUT2D eigenvalue weighted by molar-refractivity contribution is 1.27. The molecule has 0 amide bonds. The molecule has 1 heterocycles. The van der Waals surface area contributed by atoms with Gasteiger partial charge in [-0.05, 0) is 30.7 Å². The van der Waals surface area contributed by atoms with Gasteiger partial charge in [-0.2, -0.15) is 0 Å². The standard InChI is InChI=1S/C9H11BrN2/c1-7-5-8(3-2-4-10)12-9(11)6-7/h2-3,5-6H,4H2,1H3,(H2,11,12). The number of rotatable bonds is 2. The van der Waals surface area contributed by atoms with Crippen molar-refractivity contribution in [1.82, 2.24) is 4.98 Å². The monoisotopic (exact) mass is 226 g/mol. The van der Waals surface area contributed by atoms with Gasteiger partial charge in [0.15, 0.2) is 0 Å². The molecule has 0 bridgehead atoms. The first-order valence-electron chi connectivity index (χ1n) is 3.69. The topological polar surface area (TPSA) is 38.9 Å². The van der Waals surface area contributed by atoms with Gasteiger partial charge in [-0.15, -0.1) is 0 Å². The number of pyridine rings is 1. The highest BCUT2D eigenvalue weighted by Crippen LogP contribution is 2.07. The smallest absolute Gasteiger partial charge is 0.124 e. The van der Waals surface area contributed by atoms with Crippen molar-refractivity contribution in [2.45, 2.75) is 6.92 Å². The molecular formula is C9H11BrN2. The predicted octanol–water partition coefficient (Wildman–Crippen LogP) is 2.38. The highest BCUT2D eigenvalue weighted by atomic mass is 79.9. The third-order valence-electron chi connectivity index (χ3n) is 1.39. The van der Waals surface area contributed by atoms with E-state index >= 15 is 0 Å². The minimum Gasteiger partial charge on any atom is -0.384 e. The zero-order valence-corrected chi connectivity index (χ0v) is 8.51. The Morgan fingerprint density at radius 3 is 2.92 bits per heavy atom. The van der Waals surface area contributed by atoms with Crippen molar-refractivity contribution >= 4 is 27.8 Å². The molecule has 3 heteroatoms. The first-order valence-corrected chi connectivity index (χ1v) is 4.81. The van der Waals surface area contributed by atoms with E-state index in [-0.39, 0.29) is 0 Å². The summed E-state index contributed by atoms with van der Waals surface area (Å²) in [6, 6.07) is 3.85. The molecule has 12 heavy (non-hydrogen) atoms. The van der Waals surface area contributed by atoms with Gasteiger partial charge in [-0.25, -0.2) is 4.98 Å². The zero-order chi connectivity index (χ0) is 8.97. The van der Waals surface area contributed by atoms with Gasteiger partial charge in [-0.1, -0.05) is 22.0 Å². The maximum absolute atomic E-state index is 5.57. The van der Waals surface area contributed by atoms with E-state index in [1.807, 2.05) is 31.2 Å². The number of aryl methyl sites for hydroxylation is 1. The number of nitrogens with zero attached hydrogens (tertiary/aromatic N) is 1. The summed E-state index contributed by atoms with van der Waals surface area (Å²) in [5.74, 6) is 0.573. The summed E-state index contributed by atoms with van der Waals surface area (Å²) in [7, 11) is 0. The Hall–Kier alpha value is -0.830. The Kier molecular flexibility index (Phi) is 3.29. The molecule has 0 saturated heterocycles. The number of hydrogen-bond donors (Lipinski definition) is 1. The van der Waals surface area contributed by atoms with E-state index in [2.05, 4.69) is 20.9 Å². The van der Waals surface area contributed by atoms with Crippen LogP contribution in [0.5, 0.6) is 0 Å². The van der Waals surface area contributed by atoms with Gasteiger partial charge in [0.05, 0.1) is 5.69 Å². The van der Waals surface area contributed by atoms with Crippen LogP contribution in [0.1, 0.15) is 11.3 Å². The Labute approximate surface area is 80.6 Å². The molecule has 0 aliphatic heterocycles. The summed E-state index contributed by atoms with van der Waals surface area (Å²) < 4.78 is 0. The lowest BCUT2D eigenvalue weighted by Gasteiger charge is -1.97. The summed E-state index contributed by atoms with van der Waals surface area (Å²) in [5, 5.41) is 0.836. The molecule has 64 valence electrons. The Morgan fingerprint density at radius 1 is 1.58 bits per heavy atom. The van der Waals surface area contributed by atoms with Crippen LogP contribution in [-0.2, 0) is 0 Å². The summed E-state index contributed by atoms with van der Waals surface area (Å²) in [6.07, 6.45) is 3.93. The zero-order valence-electron chi connectivity index (χ0n) is 6.92. The average Bonchev–Trinajstić information content (AvgIpc) is 1.99. The van der Waals surface area contributed by atoms with Gasteiger partial charge in [0, 0.05) is 5.33 Å². The lowest BCUT2D eigenvalue weighted by Crippen LogP contribution is -1.92. The second-order valence-corrected chi connectivity index (χ2v) is 3.20. The van der Waals surface area contributed by atoms with Crippen LogP contribution in [0, 0.1) is 6.92 Å². The number of anilines is 1. The van der Waals surface area contributed by atoms with E-state index in [1.54, 1.807) is 0 Å². The van der Waals surface area contributed by atoms with Gasteiger partial charge in [0.2, 0.25) is 0 Å². The molecule has 2 nitrogen and oxygen atoms in total. The molecule has 1 rings (SSSR count). The average molecular weight is 227 g/mol. The SMILES string of the molecule is Cc1cc(N)nc(C=CCBr)c1. The van der Waals surface area contributed by atoms with Crippen molar-refractivity contribution in [3.8, 4) is 0 Å². The molecule has 0 aliphatic rings. The normalized spacial score (nSPS) is 10.8. The highest BCUT2D eigenvalue weighted by molar-refractivity contribution is 9.09. The van der Waals surface area contributed by atoms with E-state index in [0.717, 1.165) is 16.6 Å². The summed E-state index contributed by atoms with van der Waals surface area (Å²) in [6.45, 7) is 2.00.